The van der Waals surface area contributed by atoms with Gasteiger partial charge in [0.2, 0.25) is 0 Å². The van der Waals surface area contributed by atoms with Crippen LogP contribution in [0.1, 0.15) is 13.3 Å². The Morgan fingerprint density at radius 1 is 1.78 bits per heavy atom. The minimum Gasteiger partial charge on any atom is -0.456 e. The van der Waals surface area contributed by atoms with Crippen molar-refractivity contribution in [3.8, 4) is 0 Å². The molecule has 0 saturated heterocycles. The summed E-state index contributed by atoms with van der Waals surface area (Å²) in [6, 6.07) is 0. The summed E-state index contributed by atoms with van der Waals surface area (Å²) in [7, 11) is 0. The molecule has 0 aliphatic rings. The van der Waals surface area contributed by atoms with Gasteiger partial charge >= 0.3 is 5.30 Å². The molecule has 0 aliphatic carbocycles. The van der Waals surface area contributed by atoms with Crippen LogP contribution in [0.3, 0.4) is 0 Å². The number of rotatable bonds is 3. The van der Waals surface area contributed by atoms with Crippen LogP contribution in [-0.4, -0.2) is 11.9 Å². The van der Waals surface area contributed by atoms with E-state index in [0.29, 0.717) is 6.61 Å². The van der Waals surface area contributed by atoms with Crippen molar-refractivity contribution in [2.75, 3.05) is 6.61 Å². The van der Waals surface area contributed by atoms with Gasteiger partial charge in [-0.05, 0) is 6.42 Å². The molecule has 5 heteroatoms. The van der Waals surface area contributed by atoms with Crippen LogP contribution in [0.15, 0.2) is 0 Å². The summed E-state index contributed by atoms with van der Waals surface area (Å²) in [4.78, 5) is 10.3. The molecule has 0 aromatic rings. The molecule has 0 atom stereocenters. The lowest BCUT2D eigenvalue weighted by atomic mass is 10.5. The van der Waals surface area contributed by atoms with Crippen LogP contribution in [0.2, 0.25) is 0 Å². The van der Waals surface area contributed by atoms with Crippen molar-refractivity contribution < 1.29 is 13.8 Å². The number of carbonyl (C=O) groups excluding carboxylic acids is 1. The third kappa shape index (κ3) is 5.61. The molecule has 0 bridgehead atoms. The van der Waals surface area contributed by atoms with E-state index in [1.807, 2.05) is 6.92 Å². The molecule has 0 aromatic carbocycles. The predicted octanol–water partition coefficient (Wildman–Crippen LogP) is 1.18. The Bertz CT molecular complexity index is 87.9. The van der Waals surface area contributed by atoms with Crippen LogP contribution in [0.5, 0.6) is 0 Å². The van der Waals surface area contributed by atoms with Gasteiger partial charge in [0, 0.05) is 0 Å². The van der Waals surface area contributed by atoms with E-state index in [4.69, 9.17) is 5.90 Å². The third-order valence-corrected chi connectivity index (χ3v) is 0.858. The molecule has 4 nitrogen and oxygen atoms in total. The molecule has 2 radical (unpaired) electrons. The molecular formula is C4H7NO3S. The van der Waals surface area contributed by atoms with Gasteiger partial charge in [-0.2, -0.15) is 4.28 Å². The molecule has 0 aromatic heterocycles. The summed E-state index contributed by atoms with van der Waals surface area (Å²) in [5, 5.41) is -0.626. The highest BCUT2D eigenvalue weighted by molar-refractivity contribution is 8.09. The molecule has 0 unspecified atom stereocenters. The molecular weight excluding hydrogens is 142 g/mol. The highest BCUT2D eigenvalue weighted by Gasteiger charge is 2.01. The fraction of sp³-hybridized carbons (Fsp3) is 0.750. The smallest absolute Gasteiger partial charge is 0.396 e. The molecule has 0 N–H and O–H groups in total. The molecule has 0 aliphatic heterocycles. The lowest BCUT2D eigenvalue weighted by Gasteiger charge is -1.96. The van der Waals surface area contributed by atoms with Crippen molar-refractivity contribution >= 4 is 17.3 Å². The third-order valence-electron chi connectivity index (χ3n) is 0.529. The fourth-order valence-corrected chi connectivity index (χ4v) is 0.432. The van der Waals surface area contributed by atoms with Crippen molar-refractivity contribution in [3.05, 3.63) is 0 Å². The molecule has 0 saturated carbocycles. The zero-order chi connectivity index (χ0) is 7.11. The summed E-state index contributed by atoms with van der Waals surface area (Å²) in [5.74, 6) is 7.70. The van der Waals surface area contributed by atoms with E-state index < -0.39 is 5.30 Å². The normalized spacial score (nSPS) is 9.11. The van der Waals surface area contributed by atoms with Crippen molar-refractivity contribution in [2.45, 2.75) is 13.3 Å². The van der Waals surface area contributed by atoms with Crippen LogP contribution in [0, 0.1) is 0 Å². The quantitative estimate of drug-likeness (QED) is 0.343. The molecule has 0 spiro atoms. The first-order chi connectivity index (χ1) is 4.31. The first-order valence-electron chi connectivity index (χ1n) is 2.46. The maximum atomic E-state index is 10.3. The van der Waals surface area contributed by atoms with E-state index in [-0.39, 0.29) is 12.0 Å². The summed E-state index contributed by atoms with van der Waals surface area (Å²) in [6.07, 6.45) is 0.762. The van der Waals surface area contributed by atoms with Crippen molar-refractivity contribution in [2.24, 2.45) is 0 Å². The Morgan fingerprint density at radius 3 is 2.89 bits per heavy atom. The molecule has 0 rings (SSSR count). The van der Waals surface area contributed by atoms with E-state index in [2.05, 4.69) is 9.02 Å². The van der Waals surface area contributed by atoms with Crippen LogP contribution in [0.25, 0.3) is 0 Å². The van der Waals surface area contributed by atoms with Crippen molar-refractivity contribution in [1.82, 2.24) is 5.90 Å². The van der Waals surface area contributed by atoms with E-state index in [1.54, 1.807) is 0 Å². The van der Waals surface area contributed by atoms with Gasteiger partial charge in [-0.15, -0.1) is 0 Å². The first-order valence-corrected chi connectivity index (χ1v) is 3.20. The van der Waals surface area contributed by atoms with Crippen LogP contribution in [0.4, 0.5) is 4.79 Å². The van der Waals surface area contributed by atoms with E-state index in [0.717, 1.165) is 6.42 Å². The number of carbonyl (C=O) groups is 1. The van der Waals surface area contributed by atoms with Gasteiger partial charge in [-0.1, -0.05) is 6.92 Å². The maximum Gasteiger partial charge on any atom is 0.396 e. The van der Waals surface area contributed by atoms with Gasteiger partial charge in [0.25, 0.3) is 0 Å². The Labute approximate surface area is 57.8 Å². The fourth-order valence-electron chi connectivity index (χ4n) is 0.240. The van der Waals surface area contributed by atoms with Gasteiger partial charge in [-0.3, -0.25) is 0 Å². The van der Waals surface area contributed by atoms with Crippen LogP contribution >= 0.6 is 12.0 Å². The number of hydrogen-bond donors (Lipinski definition) is 0. The average Bonchev–Trinajstić information content (AvgIpc) is 1.85. The number of hydrogen-bond acceptors (Lipinski definition) is 4. The highest BCUT2D eigenvalue weighted by atomic mass is 32.2. The Kier molecular flexibility index (Phi) is 5.70. The average molecular weight is 149 g/mol. The largest absolute Gasteiger partial charge is 0.456 e. The maximum absolute atomic E-state index is 10.3. The van der Waals surface area contributed by atoms with Gasteiger partial charge < -0.3 is 4.74 Å². The Balaban J connectivity index is 3.06. The zero-order valence-corrected chi connectivity index (χ0v) is 5.81. The van der Waals surface area contributed by atoms with Crippen molar-refractivity contribution in [3.63, 3.8) is 0 Å². The van der Waals surface area contributed by atoms with Gasteiger partial charge in [0.15, 0.2) is 0 Å². The van der Waals surface area contributed by atoms with E-state index in [1.165, 1.54) is 0 Å². The summed E-state index contributed by atoms with van der Waals surface area (Å²) < 4.78 is 7.91. The first kappa shape index (κ1) is 8.74. The Morgan fingerprint density at radius 2 is 2.44 bits per heavy atom. The number of nitrogens with zero attached hydrogens (tertiary/aromatic N) is 1. The van der Waals surface area contributed by atoms with Gasteiger partial charge in [-0.25, -0.2) is 4.79 Å². The zero-order valence-electron chi connectivity index (χ0n) is 4.99. The number of ether oxygens (including phenoxy) is 1. The lowest BCUT2D eigenvalue weighted by molar-refractivity contribution is 0.172. The SMILES string of the molecule is CCCOC(=O)SO[N]. The summed E-state index contributed by atoms with van der Waals surface area (Å²) in [5.41, 5.74) is 0. The van der Waals surface area contributed by atoms with E-state index in [9.17, 15) is 4.79 Å². The monoisotopic (exact) mass is 149 g/mol. The lowest BCUT2D eigenvalue weighted by Crippen LogP contribution is -1.98. The minimum absolute atomic E-state index is 0.266. The second-order valence-electron chi connectivity index (χ2n) is 1.26. The van der Waals surface area contributed by atoms with Crippen LogP contribution < -0.4 is 5.90 Å². The molecule has 0 heterocycles. The second-order valence-corrected chi connectivity index (χ2v) is 1.91. The summed E-state index contributed by atoms with van der Waals surface area (Å²) in [6.45, 7) is 2.23. The standard InChI is InChI=1S/C4H7NO3S/c1-2-3-7-4(6)9-8-5/h2-3H2,1H3. The molecule has 9 heavy (non-hydrogen) atoms. The summed E-state index contributed by atoms with van der Waals surface area (Å²) >= 11 is 0.266. The van der Waals surface area contributed by atoms with Gasteiger partial charge in [0.05, 0.1) is 12.5 Å². The van der Waals surface area contributed by atoms with Crippen molar-refractivity contribution in [1.29, 1.82) is 0 Å². The predicted molar refractivity (Wildman–Crippen MR) is 32.4 cm³/mol. The molecule has 0 fully saturated rings. The molecule has 52 valence electrons. The van der Waals surface area contributed by atoms with Gasteiger partial charge in [0.1, 0.15) is 12.0 Å². The molecule has 0 amide bonds. The minimum atomic E-state index is -0.626. The Hall–Kier alpha value is -0.260. The topological polar surface area (TPSA) is 57.8 Å². The second kappa shape index (κ2) is 5.87. The highest BCUT2D eigenvalue weighted by Crippen LogP contribution is 2.03. The van der Waals surface area contributed by atoms with E-state index >= 15 is 0 Å². The van der Waals surface area contributed by atoms with Crippen LogP contribution in [-0.2, 0) is 9.02 Å².